The Hall–Kier alpha value is -3.13. The van der Waals surface area contributed by atoms with Gasteiger partial charge in [0.2, 0.25) is 5.91 Å². The summed E-state index contributed by atoms with van der Waals surface area (Å²) in [6, 6.07) is 13.5. The largest absolute Gasteiger partial charge is 0.306 e. The summed E-state index contributed by atoms with van der Waals surface area (Å²) >= 11 is 3.46. The smallest absolute Gasteiger partial charge is 0.252 e. The maximum atomic E-state index is 13.3. The first-order chi connectivity index (χ1) is 14.5. The molecule has 0 fully saturated rings. The van der Waals surface area contributed by atoms with Crippen molar-refractivity contribution in [1.29, 1.82) is 0 Å². The molecule has 152 valence electrons. The number of carbonyl (C=O) groups is 1. The molecule has 0 unspecified atom stereocenters. The SMILES string of the molecule is Cc1nc2ncnn2c(C)c1CCC(=O)N(Cc1ccccn1)c1ccc(Br)cc1. The number of benzene rings is 1. The van der Waals surface area contributed by atoms with Gasteiger partial charge >= 0.3 is 0 Å². The Bertz CT molecular complexity index is 1170. The Morgan fingerprint density at radius 1 is 1.10 bits per heavy atom. The van der Waals surface area contributed by atoms with E-state index in [0.717, 1.165) is 32.8 Å². The Labute approximate surface area is 182 Å². The highest BCUT2D eigenvalue weighted by Gasteiger charge is 2.19. The zero-order chi connectivity index (χ0) is 21.1. The van der Waals surface area contributed by atoms with Crippen LogP contribution in [0.25, 0.3) is 5.78 Å². The predicted octanol–water partition coefficient (Wildman–Crippen LogP) is 4.06. The number of hydrogen-bond acceptors (Lipinski definition) is 5. The quantitative estimate of drug-likeness (QED) is 0.429. The zero-order valence-electron chi connectivity index (χ0n) is 16.8. The summed E-state index contributed by atoms with van der Waals surface area (Å²) in [7, 11) is 0. The van der Waals surface area contributed by atoms with Crippen LogP contribution in [0.5, 0.6) is 0 Å². The molecule has 1 amide bonds. The summed E-state index contributed by atoms with van der Waals surface area (Å²) in [5.74, 6) is 0.604. The van der Waals surface area contributed by atoms with Gasteiger partial charge < -0.3 is 4.90 Å². The lowest BCUT2D eigenvalue weighted by Crippen LogP contribution is -2.31. The first-order valence-electron chi connectivity index (χ1n) is 9.64. The predicted molar refractivity (Wildman–Crippen MR) is 118 cm³/mol. The molecule has 0 bridgehead atoms. The summed E-state index contributed by atoms with van der Waals surface area (Å²) in [5.41, 5.74) is 4.54. The molecule has 4 aromatic rings. The number of halogens is 1. The maximum absolute atomic E-state index is 13.3. The molecule has 0 spiro atoms. The van der Waals surface area contributed by atoms with Gasteiger partial charge in [0.1, 0.15) is 6.33 Å². The molecule has 1 aromatic carbocycles. The van der Waals surface area contributed by atoms with E-state index in [1.165, 1.54) is 6.33 Å². The minimum absolute atomic E-state index is 0.0282. The minimum atomic E-state index is 0.0282. The van der Waals surface area contributed by atoms with Crippen molar-refractivity contribution < 1.29 is 4.79 Å². The van der Waals surface area contributed by atoms with Crippen LogP contribution in [-0.4, -0.2) is 30.5 Å². The van der Waals surface area contributed by atoms with Gasteiger partial charge in [0.25, 0.3) is 5.78 Å². The van der Waals surface area contributed by atoms with Crippen molar-refractivity contribution in [2.75, 3.05) is 4.90 Å². The lowest BCUT2D eigenvalue weighted by molar-refractivity contribution is -0.118. The highest BCUT2D eigenvalue weighted by Crippen LogP contribution is 2.22. The van der Waals surface area contributed by atoms with E-state index in [9.17, 15) is 4.79 Å². The fraction of sp³-hybridized carbons (Fsp3) is 0.227. The van der Waals surface area contributed by atoms with Gasteiger partial charge in [0, 0.05) is 34.2 Å². The second kappa shape index (κ2) is 8.71. The number of fused-ring (bicyclic) bond motifs is 1. The van der Waals surface area contributed by atoms with Gasteiger partial charge in [0.15, 0.2) is 0 Å². The molecule has 0 saturated carbocycles. The van der Waals surface area contributed by atoms with Crippen molar-refractivity contribution in [1.82, 2.24) is 24.6 Å². The molecule has 0 aliphatic carbocycles. The average molecular weight is 465 g/mol. The number of pyridine rings is 1. The van der Waals surface area contributed by atoms with Gasteiger partial charge in [-0.25, -0.2) is 9.50 Å². The summed E-state index contributed by atoms with van der Waals surface area (Å²) in [6.45, 7) is 4.35. The molecule has 3 heterocycles. The highest BCUT2D eigenvalue weighted by atomic mass is 79.9. The van der Waals surface area contributed by atoms with Crippen LogP contribution >= 0.6 is 15.9 Å². The van der Waals surface area contributed by atoms with Gasteiger partial charge in [-0.3, -0.25) is 9.78 Å². The standard InChI is InChI=1S/C22H21BrN6O/c1-15-20(16(2)29-22(27-15)25-14-26-29)10-11-21(30)28(13-18-5-3-4-12-24-18)19-8-6-17(23)7-9-19/h3-9,12,14H,10-11,13H2,1-2H3. The molecule has 0 atom stereocenters. The van der Waals surface area contributed by atoms with E-state index in [1.54, 1.807) is 15.6 Å². The molecule has 0 aliphatic rings. The summed E-state index contributed by atoms with van der Waals surface area (Å²) in [5, 5.41) is 4.23. The van der Waals surface area contributed by atoms with Crippen LogP contribution in [0.4, 0.5) is 5.69 Å². The molecule has 3 aromatic heterocycles. The van der Waals surface area contributed by atoms with E-state index in [0.29, 0.717) is 25.2 Å². The van der Waals surface area contributed by atoms with Crippen LogP contribution in [0.2, 0.25) is 0 Å². The number of aromatic nitrogens is 5. The Morgan fingerprint density at radius 3 is 2.63 bits per heavy atom. The molecule has 4 rings (SSSR count). The highest BCUT2D eigenvalue weighted by molar-refractivity contribution is 9.10. The number of amides is 1. The van der Waals surface area contributed by atoms with Gasteiger partial charge in [0.05, 0.1) is 12.2 Å². The number of carbonyl (C=O) groups excluding carboxylic acids is 1. The molecule has 30 heavy (non-hydrogen) atoms. The topological polar surface area (TPSA) is 76.3 Å². The van der Waals surface area contributed by atoms with Crippen LogP contribution < -0.4 is 4.90 Å². The lowest BCUT2D eigenvalue weighted by Gasteiger charge is -2.23. The average Bonchev–Trinajstić information content (AvgIpc) is 3.22. The summed E-state index contributed by atoms with van der Waals surface area (Å²) in [6.07, 6.45) is 4.16. The normalized spacial score (nSPS) is 11.0. The maximum Gasteiger partial charge on any atom is 0.252 e. The summed E-state index contributed by atoms with van der Waals surface area (Å²) < 4.78 is 2.68. The third kappa shape index (κ3) is 4.23. The van der Waals surface area contributed by atoms with Crippen molar-refractivity contribution in [3.8, 4) is 0 Å². The third-order valence-electron chi connectivity index (χ3n) is 5.06. The van der Waals surface area contributed by atoms with Crippen molar-refractivity contribution >= 4 is 33.3 Å². The third-order valence-corrected chi connectivity index (χ3v) is 5.59. The summed E-state index contributed by atoms with van der Waals surface area (Å²) in [4.78, 5) is 28.1. The van der Waals surface area contributed by atoms with Crippen molar-refractivity contribution in [2.24, 2.45) is 0 Å². The number of anilines is 1. The lowest BCUT2D eigenvalue weighted by atomic mass is 10.1. The fourth-order valence-corrected chi connectivity index (χ4v) is 3.75. The number of hydrogen-bond donors (Lipinski definition) is 0. The fourth-order valence-electron chi connectivity index (χ4n) is 3.48. The van der Waals surface area contributed by atoms with E-state index in [2.05, 4.69) is 36.0 Å². The number of nitrogens with zero attached hydrogens (tertiary/aromatic N) is 6. The Morgan fingerprint density at radius 2 is 1.90 bits per heavy atom. The van der Waals surface area contributed by atoms with Crippen LogP contribution in [0.3, 0.4) is 0 Å². The van der Waals surface area contributed by atoms with Gasteiger partial charge in [-0.2, -0.15) is 10.1 Å². The minimum Gasteiger partial charge on any atom is -0.306 e. The van der Waals surface area contributed by atoms with Crippen LogP contribution in [0.15, 0.2) is 59.5 Å². The van der Waals surface area contributed by atoms with Crippen molar-refractivity contribution in [2.45, 2.75) is 33.2 Å². The van der Waals surface area contributed by atoms with Gasteiger partial charge in [-0.15, -0.1) is 0 Å². The molecule has 8 heteroatoms. The zero-order valence-corrected chi connectivity index (χ0v) is 18.4. The molecular formula is C22H21BrN6O. The van der Waals surface area contributed by atoms with Gasteiger partial charge in [-0.05, 0) is 62.2 Å². The van der Waals surface area contributed by atoms with E-state index >= 15 is 0 Å². The van der Waals surface area contributed by atoms with E-state index < -0.39 is 0 Å². The van der Waals surface area contributed by atoms with E-state index in [-0.39, 0.29) is 5.91 Å². The Balaban J connectivity index is 1.58. The van der Waals surface area contributed by atoms with Crippen molar-refractivity contribution in [3.05, 3.63) is 82.1 Å². The second-order valence-electron chi connectivity index (χ2n) is 7.01. The van der Waals surface area contributed by atoms with E-state index in [1.807, 2.05) is 56.3 Å². The molecule has 7 nitrogen and oxygen atoms in total. The molecule has 0 aliphatic heterocycles. The molecular weight excluding hydrogens is 444 g/mol. The van der Waals surface area contributed by atoms with Crippen LogP contribution in [0, 0.1) is 13.8 Å². The number of aryl methyl sites for hydroxylation is 2. The molecule has 0 radical (unpaired) electrons. The second-order valence-corrected chi connectivity index (χ2v) is 7.93. The van der Waals surface area contributed by atoms with Gasteiger partial charge in [-0.1, -0.05) is 22.0 Å². The molecule has 0 N–H and O–H groups in total. The first-order valence-corrected chi connectivity index (χ1v) is 10.4. The van der Waals surface area contributed by atoms with E-state index in [4.69, 9.17) is 0 Å². The Kier molecular flexibility index (Phi) is 5.85. The monoisotopic (exact) mass is 464 g/mol. The number of rotatable bonds is 6. The van der Waals surface area contributed by atoms with Crippen LogP contribution in [-0.2, 0) is 17.8 Å². The van der Waals surface area contributed by atoms with Crippen LogP contribution in [0.1, 0.15) is 29.1 Å². The first kappa shape index (κ1) is 20.2. The molecule has 0 saturated heterocycles. The van der Waals surface area contributed by atoms with Crippen molar-refractivity contribution in [3.63, 3.8) is 0 Å².